The van der Waals surface area contributed by atoms with E-state index in [4.69, 9.17) is 4.74 Å². The molecule has 1 aromatic carbocycles. The Labute approximate surface area is 99.0 Å². The number of rotatable bonds is 5. The molecule has 0 amide bonds. The lowest BCUT2D eigenvalue weighted by Gasteiger charge is -2.19. The summed E-state index contributed by atoms with van der Waals surface area (Å²) in [6, 6.07) is 6.80. The summed E-state index contributed by atoms with van der Waals surface area (Å²) in [5.41, 5.74) is 2.49. The smallest absolute Gasteiger partial charge is 0.122 e. The fourth-order valence-electron chi connectivity index (χ4n) is 1.81. The molecule has 2 heteroatoms. The summed E-state index contributed by atoms with van der Waals surface area (Å²) < 4.78 is 5.93. The molecule has 90 valence electrons. The number of benzene rings is 1. The standard InChI is InChI=1S/C14H23NO/c1-10-6-7-14(11(2)8-10)16-13(4)9-12(3)15-5/h6-8,12-13,15H,9H2,1-5H3. The van der Waals surface area contributed by atoms with E-state index in [0.29, 0.717) is 6.04 Å². The zero-order valence-electron chi connectivity index (χ0n) is 11.0. The van der Waals surface area contributed by atoms with E-state index in [1.807, 2.05) is 7.05 Å². The molecule has 2 nitrogen and oxygen atoms in total. The quantitative estimate of drug-likeness (QED) is 0.825. The molecular weight excluding hydrogens is 198 g/mol. The minimum atomic E-state index is 0.240. The van der Waals surface area contributed by atoms with Gasteiger partial charge in [-0.2, -0.15) is 0 Å². The molecule has 0 aromatic heterocycles. The van der Waals surface area contributed by atoms with Gasteiger partial charge in [0.15, 0.2) is 0 Å². The maximum absolute atomic E-state index is 5.93. The van der Waals surface area contributed by atoms with Crippen molar-refractivity contribution in [3.05, 3.63) is 29.3 Å². The van der Waals surface area contributed by atoms with Gasteiger partial charge in [-0.25, -0.2) is 0 Å². The molecule has 16 heavy (non-hydrogen) atoms. The molecule has 0 saturated heterocycles. The Kier molecular flexibility index (Phi) is 4.81. The van der Waals surface area contributed by atoms with E-state index >= 15 is 0 Å². The third-order valence-electron chi connectivity index (χ3n) is 2.84. The van der Waals surface area contributed by atoms with Crippen molar-refractivity contribution in [3.63, 3.8) is 0 Å². The first-order valence-corrected chi connectivity index (χ1v) is 5.94. The van der Waals surface area contributed by atoms with Gasteiger partial charge in [0, 0.05) is 6.04 Å². The maximum atomic E-state index is 5.93. The van der Waals surface area contributed by atoms with Crippen LogP contribution in [0.5, 0.6) is 5.75 Å². The average Bonchev–Trinajstić information content (AvgIpc) is 2.22. The molecule has 1 N–H and O–H groups in total. The van der Waals surface area contributed by atoms with Gasteiger partial charge >= 0.3 is 0 Å². The number of hydrogen-bond donors (Lipinski definition) is 1. The number of aryl methyl sites for hydroxylation is 2. The van der Waals surface area contributed by atoms with Gasteiger partial charge in [0.25, 0.3) is 0 Å². The molecule has 2 atom stereocenters. The molecular formula is C14H23NO. The zero-order chi connectivity index (χ0) is 12.1. The van der Waals surface area contributed by atoms with Gasteiger partial charge in [-0.3, -0.25) is 0 Å². The zero-order valence-corrected chi connectivity index (χ0v) is 11.0. The van der Waals surface area contributed by atoms with Crippen molar-refractivity contribution in [1.29, 1.82) is 0 Å². The van der Waals surface area contributed by atoms with Crippen LogP contribution in [0.4, 0.5) is 0 Å². The molecule has 0 bridgehead atoms. The first kappa shape index (κ1) is 13.0. The van der Waals surface area contributed by atoms with Crippen LogP contribution in [-0.4, -0.2) is 19.2 Å². The summed E-state index contributed by atoms with van der Waals surface area (Å²) >= 11 is 0. The Bertz CT molecular complexity index is 336. The van der Waals surface area contributed by atoms with E-state index in [2.05, 4.69) is 51.2 Å². The minimum absolute atomic E-state index is 0.240. The monoisotopic (exact) mass is 221 g/mol. The normalized spacial score (nSPS) is 14.6. The van der Waals surface area contributed by atoms with Crippen molar-refractivity contribution < 1.29 is 4.74 Å². The lowest BCUT2D eigenvalue weighted by atomic mass is 10.1. The molecule has 1 rings (SSSR count). The second kappa shape index (κ2) is 5.90. The van der Waals surface area contributed by atoms with Gasteiger partial charge in [0.1, 0.15) is 5.75 Å². The van der Waals surface area contributed by atoms with E-state index in [1.165, 1.54) is 11.1 Å². The van der Waals surface area contributed by atoms with Crippen molar-refractivity contribution in [2.24, 2.45) is 0 Å². The predicted molar refractivity (Wildman–Crippen MR) is 69.1 cm³/mol. The van der Waals surface area contributed by atoms with Crippen LogP contribution in [0.15, 0.2) is 18.2 Å². The van der Waals surface area contributed by atoms with Crippen molar-refractivity contribution in [1.82, 2.24) is 5.32 Å². The third-order valence-corrected chi connectivity index (χ3v) is 2.84. The minimum Gasteiger partial charge on any atom is -0.490 e. The van der Waals surface area contributed by atoms with Crippen molar-refractivity contribution in [3.8, 4) is 5.75 Å². The second-order valence-electron chi connectivity index (χ2n) is 4.62. The molecule has 0 radical (unpaired) electrons. The Balaban J connectivity index is 2.59. The highest BCUT2D eigenvalue weighted by Crippen LogP contribution is 2.20. The van der Waals surface area contributed by atoms with Gasteiger partial charge in [-0.15, -0.1) is 0 Å². The lowest BCUT2D eigenvalue weighted by Crippen LogP contribution is -2.28. The molecule has 0 saturated carbocycles. The molecule has 2 unspecified atom stereocenters. The van der Waals surface area contributed by atoms with Gasteiger partial charge in [0.2, 0.25) is 0 Å². The highest BCUT2D eigenvalue weighted by atomic mass is 16.5. The number of nitrogens with one attached hydrogen (secondary N) is 1. The maximum Gasteiger partial charge on any atom is 0.122 e. The summed E-state index contributed by atoms with van der Waals surface area (Å²) in [6.07, 6.45) is 1.26. The van der Waals surface area contributed by atoms with Crippen molar-refractivity contribution in [2.45, 2.75) is 46.3 Å². The SMILES string of the molecule is CNC(C)CC(C)Oc1ccc(C)cc1C. The molecule has 0 heterocycles. The third kappa shape index (κ3) is 3.86. The van der Waals surface area contributed by atoms with Gasteiger partial charge in [-0.05, 0) is 52.8 Å². The Morgan fingerprint density at radius 2 is 1.94 bits per heavy atom. The Morgan fingerprint density at radius 3 is 2.50 bits per heavy atom. The second-order valence-corrected chi connectivity index (χ2v) is 4.62. The number of hydrogen-bond acceptors (Lipinski definition) is 2. The molecule has 0 aliphatic heterocycles. The summed E-state index contributed by atoms with van der Waals surface area (Å²) in [4.78, 5) is 0. The van der Waals surface area contributed by atoms with Crippen LogP contribution >= 0.6 is 0 Å². The summed E-state index contributed by atoms with van der Waals surface area (Å²) in [5.74, 6) is 1.00. The van der Waals surface area contributed by atoms with E-state index < -0.39 is 0 Å². The summed E-state index contributed by atoms with van der Waals surface area (Å²) in [7, 11) is 1.98. The summed E-state index contributed by atoms with van der Waals surface area (Å²) in [6.45, 7) is 8.48. The predicted octanol–water partition coefficient (Wildman–Crippen LogP) is 3.07. The van der Waals surface area contributed by atoms with Crippen LogP contribution in [0.1, 0.15) is 31.4 Å². The topological polar surface area (TPSA) is 21.3 Å². The molecule has 0 aliphatic rings. The van der Waals surface area contributed by atoms with E-state index in [-0.39, 0.29) is 6.10 Å². The van der Waals surface area contributed by atoms with Crippen molar-refractivity contribution in [2.75, 3.05) is 7.05 Å². The van der Waals surface area contributed by atoms with Crippen LogP contribution in [0.2, 0.25) is 0 Å². The largest absolute Gasteiger partial charge is 0.490 e. The van der Waals surface area contributed by atoms with Crippen LogP contribution in [0.3, 0.4) is 0 Å². The highest BCUT2D eigenvalue weighted by molar-refractivity contribution is 5.35. The first-order chi connectivity index (χ1) is 7.52. The van der Waals surface area contributed by atoms with Crippen molar-refractivity contribution >= 4 is 0 Å². The Morgan fingerprint density at radius 1 is 1.25 bits per heavy atom. The van der Waals surface area contributed by atoms with Crippen LogP contribution in [0, 0.1) is 13.8 Å². The highest BCUT2D eigenvalue weighted by Gasteiger charge is 2.09. The van der Waals surface area contributed by atoms with Crippen LogP contribution < -0.4 is 10.1 Å². The molecule has 0 aliphatic carbocycles. The molecule has 0 fully saturated rings. The van der Waals surface area contributed by atoms with Gasteiger partial charge in [0.05, 0.1) is 6.10 Å². The number of ether oxygens (including phenoxy) is 1. The van der Waals surface area contributed by atoms with Gasteiger partial charge < -0.3 is 10.1 Å². The van der Waals surface area contributed by atoms with E-state index in [9.17, 15) is 0 Å². The fraction of sp³-hybridized carbons (Fsp3) is 0.571. The average molecular weight is 221 g/mol. The van der Waals surface area contributed by atoms with E-state index in [1.54, 1.807) is 0 Å². The first-order valence-electron chi connectivity index (χ1n) is 5.94. The van der Waals surface area contributed by atoms with Crippen LogP contribution in [0.25, 0.3) is 0 Å². The molecule has 1 aromatic rings. The van der Waals surface area contributed by atoms with Crippen LogP contribution in [-0.2, 0) is 0 Å². The fourth-order valence-corrected chi connectivity index (χ4v) is 1.81. The summed E-state index contributed by atoms with van der Waals surface area (Å²) in [5, 5.41) is 3.23. The van der Waals surface area contributed by atoms with Gasteiger partial charge in [-0.1, -0.05) is 17.7 Å². The lowest BCUT2D eigenvalue weighted by molar-refractivity contribution is 0.196. The molecule has 0 spiro atoms. The Hall–Kier alpha value is -1.02. The van der Waals surface area contributed by atoms with E-state index in [0.717, 1.165) is 12.2 Å².